The van der Waals surface area contributed by atoms with E-state index in [-0.39, 0.29) is 30.2 Å². The molecule has 0 spiro atoms. The van der Waals surface area contributed by atoms with Gasteiger partial charge in [0.2, 0.25) is 11.9 Å². The largest absolute Gasteiger partial charge is 0.381 e. The summed E-state index contributed by atoms with van der Waals surface area (Å²) in [7, 11) is 0. The quantitative estimate of drug-likeness (QED) is 0.459. The van der Waals surface area contributed by atoms with Gasteiger partial charge in [-0.2, -0.15) is 0 Å². The molecule has 1 aromatic heterocycles. The van der Waals surface area contributed by atoms with Crippen LogP contribution in [0.3, 0.4) is 0 Å². The van der Waals surface area contributed by atoms with Gasteiger partial charge in [-0.15, -0.1) is 0 Å². The van der Waals surface area contributed by atoms with E-state index in [9.17, 15) is 14.0 Å². The molecular weight excluding hydrogens is 509 g/mol. The maximum atomic E-state index is 13.3. The minimum atomic E-state index is -0.728. The highest BCUT2D eigenvalue weighted by molar-refractivity contribution is 6.33. The first-order valence-electron chi connectivity index (χ1n) is 12.6. The number of benzene rings is 2. The lowest BCUT2D eigenvalue weighted by Crippen LogP contribution is -2.46. The van der Waals surface area contributed by atoms with Gasteiger partial charge in [0.25, 0.3) is 5.91 Å². The first-order chi connectivity index (χ1) is 18.2. The van der Waals surface area contributed by atoms with Gasteiger partial charge >= 0.3 is 0 Å². The van der Waals surface area contributed by atoms with Gasteiger partial charge in [-0.25, -0.2) is 14.4 Å². The van der Waals surface area contributed by atoms with Crippen LogP contribution in [0.4, 0.5) is 10.3 Å². The molecule has 0 atom stereocenters. The number of amides is 2. The predicted molar refractivity (Wildman–Crippen MR) is 142 cm³/mol. The number of ether oxygens (including phenoxy) is 1. The van der Waals surface area contributed by atoms with E-state index in [1.165, 1.54) is 17.0 Å². The van der Waals surface area contributed by atoms with Gasteiger partial charge in [0, 0.05) is 36.9 Å². The van der Waals surface area contributed by atoms with Gasteiger partial charge in [0.15, 0.2) is 0 Å². The second-order valence-corrected chi connectivity index (χ2v) is 10.5. The molecule has 2 aliphatic rings. The van der Waals surface area contributed by atoms with E-state index in [1.54, 1.807) is 24.4 Å². The molecule has 2 N–H and O–H groups in total. The summed E-state index contributed by atoms with van der Waals surface area (Å²) in [5, 5.41) is 6.67. The van der Waals surface area contributed by atoms with Crippen LogP contribution in [0.1, 0.15) is 48.2 Å². The van der Waals surface area contributed by atoms with E-state index in [2.05, 4.69) is 20.6 Å². The molecule has 8 nitrogen and oxygen atoms in total. The molecule has 1 saturated heterocycles. The monoisotopic (exact) mass is 537 g/mol. The zero-order chi connectivity index (χ0) is 26.9. The zero-order valence-electron chi connectivity index (χ0n) is 21.3. The van der Waals surface area contributed by atoms with Crippen LogP contribution < -0.4 is 10.6 Å². The number of aromatic nitrogens is 2. The van der Waals surface area contributed by atoms with E-state index in [1.807, 2.05) is 26.0 Å². The van der Waals surface area contributed by atoms with Crippen LogP contribution in [0.5, 0.6) is 0 Å². The fourth-order valence-electron chi connectivity index (χ4n) is 4.80. The van der Waals surface area contributed by atoms with Crippen molar-refractivity contribution in [2.75, 3.05) is 25.1 Å². The summed E-state index contributed by atoms with van der Waals surface area (Å²) in [6.45, 7) is 5.30. The van der Waals surface area contributed by atoms with Crippen molar-refractivity contribution in [1.29, 1.82) is 0 Å². The maximum Gasteiger partial charge on any atom is 0.254 e. The Morgan fingerprint density at radius 3 is 2.66 bits per heavy atom. The van der Waals surface area contributed by atoms with E-state index >= 15 is 0 Å². The van der Waals surface area contributed by atoms with Crippen LogP contribution in [0.2, 0.25) is 5.02 Å². The Balaban J connectivity index is 1.28. The molecule has 0 radical (unpaired) electrons. The van der Waals surface area contributed by atoms with Gasteiger partial charge in [0.1, 0.15) is 12.4 Å². The van der Waals surface area contributed by atoms with Gasteiger partial charge in [0.05, 0.1) is 22.5 Å². The normalized spacial score (nSPS) is 15.9. The highest BCUT2D eigenvalue weighted by Gasteiger charge is 2.31. The molecule has 5 rings (SSSR count). The number of rotatable bonds is 7. The third-order valence-corrected chi connectivity index (χ3v) is 7.19. The number of hydrogen-bond acceptors (Lipinski definition) is 6. The third-order valence-electron chi connectivity index (χ3n) is 6.91. The van der Waals surface area contributed by atoms with Crippen molar-refractivity contribution in [2.24, 2.45) is 0 Å². The molecule has 0 saturated carbocycles. The second kappa shape index (κ2) is 10.7. The summed E-state index contributed by atoms with van der Waals surface area (Å²) >= 11 is 6.44. The molecule has 0 bridgehead atoms. The molecule has 2 amide bonds. The first kappa shape index (κ1) is 26.1. The number of carbonyl (C=O) groups excluding carboxylic acids is 2. The Labute approximate surface area is 225 Å². The Bertz CT molecular complexity index is 1360. The van der Waals surface area contributed by atoms with Crippen molar-refractivity contribution in [1.82, 2.24) is 20.2 Å². The molecule has 0 aliphatic carbocycles. The van der Waals surface area contributed by atoms with Gasteiger partial charge in [-0.05, 0) is 56.0 Å². The highest BCUT2D eigenvalue weighted by Crippen LogP contribution is 2.32. The number of fused-ring (bicyclic) bond motifs is 1. The van der Waals surface area contributed by atoms with Crippen molar-refractivity contribution in [3.63, 3.8) is 0 Å². The summed E-state index contributed by atoms with van der Waals surface area (Å²) in [6.07, 6.45) is 3.30. The standard InChI is InChI=1S/C28H29ClFN5O3/c1-28(2,19-5-7-20(30)8-6-19)34-24(36)16-35-15-18-4-3-17(13-22(18)26(35)37)25-23(29)14-31-27(33-25)32-21-9-11-38-12-10-21/h3-8,13-14,21H,9-12,15-16H2,1-2H3,(H,34,36)(H,31,32,33). The lowest BCUT2D eigenvalue weighted by atomic mass is 9.94. The summed E-state index contributed by atoms with van der Waals surface area (Å²) in [5.74, 6) is -0.401. The van der Waals surface area contributed by atoms with Crippen LogP contribution in [0.25, 0.3) is 11.3 Å². The molecule has 198 valence electrons. The van der Waals surface area contributed by atoms with Crippen LogP contribution in [-0.4, -0.2) is 52.5 Å². The fraction of sp³-hybridized carbons (Fsp3) is 0.357. The van der Waals surface area contributed by atoms with Gasteiger partial charge in [-0.3, -0.25) is 9.59 Å². The highest BCUT2D eigenvalue weighted by atomic mass is 35.5. The Morgan fingerprint density at radius 2 is 1.92 bits per heavy atom. The summed E-state index contributed by atoms with van der Waals surface area (Å²) in [6, 6.07) is 11.7. The Morgan fingerprint density at radius 1 is 1.18 bits per heavy atom. The number of carbonyl (C=O) groups is 2. The van der Waals surface area contributed by atoms with Crippen molar-refractivity contribution < 1.29 is 18.7 Å². The minimum absolute atomic E-state index is 0.0963. The summed E-state index contributed by atoms with van der Waals surface area (Å²) < 4.78 is 18.7. The number of halogens is 2. The molecule has 2 aromatic carbocycles. The SMILES string of the molecule is CC(C)(NC(=O)CN1Cc2ccc(-c3nc(NC4CCOCC4)ncc3Cl)cc2C1=O)c1ccc(F)cc1. The van der Waals surface area contributed by atoms with E-state index < -0.39 is 5.54 Å². The number of anilines is 1. The Kier molecular flexibility index (Phi) is 7.32. The molecule has 10 heteroatoms. The molecule has 3 aromatic rings. The lowest BCUT2D eigenvalue weighted by molar-refractivity contribution is -0.123. The molecule has 0 unspecified atom stereocenters. The van der Waals surface area contributed by atoms with Crippen molar-refractivity contribution >= 4 is 29.4 Å². The molecule has 3 heterocycles. The van der Waals surface area contributed by atoms with Gasteiger partial charge in [-0.1, -0.05) is 35.9 Å². The van der Waals surface area contributed by atoms with Crippen LogP contribution >= 0.6 is 11.6 Å². The smallest absolute Gasteiger partial charge is 0.254 e. The van der Waals surface area contributed by atoms with E-state index in [4.69, 9.17) is 16.3 Å². The fourth-order valence-corrected chi connectivity index (χ4v) is 5.00. The topological polar surface area (TPSA) is 96.5 Å². The number of nitrogens with one attached hydrogen (secondary N) is 2. The van der Waals surface area contributed by atoms with Crippen LogP contribution in [0, 0.1) is 5.82 Å². The summed E-state index contributed by atoms with van der Waals surface area (Å²) in [4.78, 5) is 36.5. The zero-order valence-corrected chi connectivity index (χ0v) is 22.0. The van der Waals surface area contributed by atoms with Crippen molar-refractivity contribution in [2.45, 2.75) is 44.8 Å². The minimum Gasteiger partial charge on any atom is -0.381 e. The van der Waals surface area contributed by atoms with E-state index in [0.717, 1.165) is 24.0 Å². The average Bonchev–Trinajstić information content (AvgIpc) is 3.20. The summed E-state index contributed by atoms with van der Waals surface area (Å²) in [5.41, 5.74) is 2.61. The third kappa shape index (κ3) is 5.63. The van der Waals surface area contributed by atoms with Crippen LogP contribution in [-0.2, 0) is 21.6 Å². The predicted octanol–water partition coefficient (Wildman–Crippen LogP) is 4.53. The maximum absolute atomic E-state index is 13.3. The lowest BCUT2D eigenvalue weighted by Gasteiger charge is -2.28. The van der Waals surface area contributed by atoms with Crippen molar-refractivity contribution in [3.05, 3.63) is 76.2 Å². The average molecular weight is 538 g/mol. The first-order valence-corrected chi connectivity index (χ1v) is 12.9. The number of nitrogens with zero attached hydrogens (tertiary/aromatic N) is 3. The second-order valence-electron chi connectivity index (χ2n) is 10.1. The van der Waals surface area contributed by atoms with Crippen LogP contribution in [0.15, 0.2) is 48.7 Å². The Hall–Kier alpha value is -3.56. The number of hydrogen-bond donors (Lipinski definition) is 2. The molecule has 1 fully saturated rings. The molecule has 2 aliphatic heterocycles. The van der Waals surface area contributed by atoms with Gasteiger partial charge < -0.3 is 20.3 Å². The molecular formula is C28H29ClFN5O3. The van der Waals surface area contributed by atoms with Crippen molar-refractivity contribution in [3.8, 4) is 11.3 Å². The van der Waals surface area contributed by atoms with E-state index in [0.29, 0.717) is 47.6 Å². The molecule has 38 heavy (non-hydrogen) atoms.